The topological polar surface area (TPSA) is 42.7 Å². The van der Waals surface area contributed by atoms with Gasteiger partial charge in [0.05, 0.1) is 6.04 Å². The molecule has 1 atom stereocenters. The van der Waals surface area contributed by atoms with Gasteiger partial charge in [-0.1, -0.05) is 15.9 Å². The molecule has 1 N–H and O–H groups in total. The normalized spacial score (nSPS) is 15.3. The first-order valence-corrected chi connectivity index (χ1v) is 7.54. The minimum atomic E-state index is -0.195. The predicted octanol–water partition coefficient (Wildman–Crippen LogP) is 2.98. The molecule has 2 heterocycles. The van der Waals surface area contributed by atoms with Crippen LogP contribution in [0.2, 0.25) is 0 Å². The number of rotatable bonds is 4. The fraction of sp³-hybridized carbons (Fsp3) is 0.429. The lowest BCUT2D eigenvalue weighted by atomic mass is 10.2. The predicted molar refractivity (Wildman–Crippen MR) is 77.7 cm³/mol. The van der Waals surface area contributed by atoms with Crippen LogP contribution in [0.1, 0.15) is 36.6 Å². The van der Waals surface area contributed by atoms with Crippen LogP contribution >= 0.6 is 15.9 Å². The largest absolute Gasteiger partial charge is 0.314 e. The van der Waals surface area contributed by atoms with Crippen LogP contribution in [0.15, 0.2) is 22.7 Å². The highest BCUT2D eigenvalue weighted by Gasteiger charge is 2.21. The van der Waals surface area contributed by atoms with Crippen LogP contribution in [-0.4, -0.2) is 14.8 Å². The molecule has 2 aromatic rings. The SMILES string of the molecule is CC(NCc1cc(Br)ccc1F)c1nnc2n1CCC2. The van der Waals surface area contributed by atoms with E-state index in [0.717, 1.165) is 35.5 Å². The second-order valence-corrected chi connectivity index (χ2v) is 5.98. The van der Waals surface area contributed by atoms with Crippen molar-refractivity contribution in [3.63, 3.8) is 0 Å². The molecule has 1 aromatic heterocycles. The number of hydrogen-bond donors (Lipinski definition) is 1. The van der Waals surface area contributed by atoms with Gasteiger partial charge in [-0.2, -0.15) is 0 Å². The number of benzene rings is 1. The van der Waals surface area contributed by atoms with E-state index in [1.165, 1.54) is 6.07 Å². The maximum absolute atomic E-state index is 13.7. The highest BCUT2D eigenvalue weighted by molar-refractivity contribution is 9.10. The van der Waals surface area contributed by atoms with Crippen LogP contribution in [0.4, 0.5) is 4.39 Å². The summed E-state index contributed by atoms with van der Waals surface area (Å²) in [5, 5.41) is 11.7. The van der Waals surface area contributed by atoms with Gasteiger partial charge >= 0.3 is 0 Å². The van der Waals surface area contributed by atoms with Crippen molar-refractivity contribution in [2.75, 3.05) is 0 Å². The maximum atomic E-state index is 13.7. The average molecular weight is 339 g/mol. The molecule has 1 aromatic carbocycles. The summed E-state index contributed by atoms with van der Waals surface area (Å²) < 4.78 is 16.7. The Kier molecular flexibility index (Phi) is 3.85. The summed E-state index contributed by atoms with van der Waals surface area (Å²) in [4.78, 5) is 0. The van der Waals surface area contributed by atoms with Gasteiger partial charge < -0.3 is 9.88 Å². The summed E-state index contributed by atoms with van der Waals surface area (Å²) in [6.07, 6.45) is 2.13. The van der Waals surface area contributed by atoms with E-state index in [2.05, 4.69) is 36.0 Å². The number of nitrogens with zero attached hydrogens (tertiary/aromatic N) is 3. The van der Waals surface area contributed by atoms with Gasteiger partial charge in [0.2, 0.25) is 0 Å². The Morgan fingerprint density at radius 2 is 2.30 bits per heavy atom. The van der Waals surface area contributed by atoms with Crippen LogP contribution in [0.5, 0.6) is 0 Å². The summed E-state index contributed by atoms with van der Waals surface area (Å²) in [7, 11) is 0. The molecule has 0 bridgehead atoms. The van der Waals surface area contributed by atoms with Gasteiger partial charge in [0, 0.05) is 29.5 Å². The zero-order chi connectivity index (χ0) is 14.1. The number of aromatic nitrogens is 3. The molecule has 0 saturated carbocycles. The Balaban J connectivity index is 1.70. The monoisotopic (exact) mass is 338 g/mol. The van der Waals surface area contributed by atoms with Gasteiger partial charge in [-0.15, -0.1) is 10.2 Å². The third-order valence-corrected chi connectivity index (χ3v) is 4.13. The zero-order valence-electron chi connectivity index (χ0n) is 11.2. The smallest absolute Gasteiger partial charge is 0.149 e. The van der Waals surface area contributed by atoms with Crippen molar-refractivity contribution in [2.24, 2.45) is 0 Å². The number of halogens is 2. The Hall–Kier alpha value is -1.27. The van der Waals surface area contributed by atoms with E-state index in [9.17, 15) is 4.39 Å². The highest BCUT2D eigenvalue weighted by atomic mass is 79.9. The minimum Gasteiger partial charge on any atom is -0.314 e. The number of nitrogens with one attached hydrogen (secondary N) is 1. The van der Waals surface area contributed by atoms with Gasteiger partial charge in [0.15, 0.2) is 0 Å². The molecule has 106 valence electrons. The van der Waals surface area contributed by atoms with Crippen molar-refractivity contribution < 1.29 is 4.39 Å². The highest BCUT2D eigenvalue weighted by Crippen LogP contribution is 2.20. The molecule has 0 radical (unpaired) electrons. The van der Waals surface area contributed by atoms with E-state index in [1.54, 1.807) is 12.1 Å². The van der Waals surface area contributed by atoms with Crippen LogP contribution in [0, 0.1) is 5.82 Å². The van der Waals surface area contributed by atoms with Gasteiger partial charge in [0.1, 0.15) is 17.5 Å². The average Bonchev–Trinajstić information content (AvgIpc) is 3.02. The van der Waals surface area contributed by atoms with E-state index in [-0.39, 0.29) is 11.9 Å². The fourth-order valence-corrected chi connectivity index (χ4v) is 2.93. The van der Waals surface area contributed by atoms with Crippen LogP contribution in [0.3, 0.4) is 0 Å². The Morgan fingerprint density at radius 1 is 1.45 bits per heavy atom. The van der Waals surface area contributed by atoms with Crippen molar-refractivity contribution >= 4 is 15.9 Å². The summed E-state index contributed by atoms with van der Waals surface area (Å²) in [5.74, 6) is 1.80. The molecule has 1 aliphatic heterocycles. The first kappa shape index (κ1) is 13.7. The first-order chi connectivity index (χ1) is 9.65. The third-order valence-electron chi connectivity index (χ3n) is 3.63. The molecule has 6 heteroatoms. The standard InChI is InChI=1S/C14H16BrFN4/c1-9(14-19-18-13-3-2-6-20(13)14)17-8-10-7-11(15)4-5-12(10)16/h4-5,7,9,17H,2-3,6,8H2,1H3. The van der Waals surface area contributed by atoms with E-state index in [0.29, 0.717) is 12.1 Å². The molecule has 0 aliphatic carbocycles. The van der Waals surface area contributed by atoms with Crippen molar-refractivity contribution in [3.8, 4) is 0 Å². The Morgan fingerprint density at radius 3 is 3.15 bits per heavy atom. The molecular formula is C14H16BrFN4. The second-order valence-electron chi connectivity index (χ2n) is 5.07. The number of aryl methyl sites for hydroxylation is 1. The Labute approximate surface area is 125 Å². The number of fused-ring (bicyclic) bond motifs is 1. The Bertz CT molecular complexity index is 626. The van der Waals surface area contributed by atoms with Crippen LogP contribution < -0.4 is 5.32 Å². The van der Waals surface area contributed by atoms with Gasteiger partial charge in [-0.25, -0.2) is 4.39 Å². The lowest BCUT2D eigenvalue weighted by Crippen LogP contribution is -2.22. The molecule has 1 aliphatic rings. The molecule has 1 unspecified atom stereocenters. The van der Waals surface area contributed by atoms with E-state index in [4.69, 9.17) is 0 Å². The lowest BCUT2D eigenvalue weighted by Gasteiger charge is -2.14. The third kappa shape index (κ3) is 2.62. The zero-order valence-corrected chi connectivity index (χ0v) is 12.8. The van der Waals surface area contributed by atoms with Crippen LogP contribution in [-0.2, 0) is 19.5 Å². The summed E-state index contributed by atoms with van der Waals surface area (Å²) in [6.45, 7) is 3.48. The van der Waals surface area contributed by atoms with Crippen LogP contribution in [0.25, 0.3) is 0 Å². The van der Waals surface area contributed by atoms with E-state index in [1.807, 2.05) is 6.92 Å². The van der Waals surface area contributed by atoms with E-state index < -0.39 is 0 Å². The first-order valence-electron chi connectivity index (χ1n) is 6.74. The molecule has 0 saturated heterocycles. The quantitative estimate of drug-likeness (QED) is 0.931. The number of hydrogen-bond acceptors (Lipinski definition) is 3. The molecule has 20 heavy (non-hydrogen) atoms. The second kappa shape index (κ2) is 5.61. The summed E-state index contributed by atoms with van der Waals surface area (Å²) in [6, 6.07) is 5.02. The minimum absolute atomic E-state index is 0.0488. The van der Waals surface area contributed by atoms with Gasteiger partial charge in [0.25, 0.3) is 0 Å². The molecule has 0 fully saturated rings. The molecule has 4 nitrogen and oxygen atoms in total. The van der Waals surface area contributed by atoms with Crippen molar-refractivity contribution in [1.29, 1.82) is 0 Å². The van der Waals surface area contributed by atoms with Crippen molar-refractivity contribution in [2.45, 2.75) is 38.9 Å². The maximum Gasteiger partial charge on any atom is 0.149 e. The molecule has 0 spiro atoms. The van der Waals surface area contributed by atoms with Crippen molar-refractivity contribution in [1.82, 2.24) is 20.1 Å². The summed E-state index contributed by atoms with van der Waals surface area (Å²) >= 11 is 3.36. The van der Waals surface area contributed by atoms with E-state index >= 15 is 0 Å². The fourth-order valence-electron chi connectivity index (χ4n) is 2.53. The van der Waals surface area contributed by atoms with Crippen molar-refractivity contribution in [3.05, 3.63) is 45.7 Å². The summed E-state index contributed by atoms with van der Waals surface area (Å²) in [5.41, 5.74) is 0.646. The molecule has 3 rings (SSSR count). The lowest BCUT2D eigenvalue weighted by molar-refractivity contribution is 0.503. The van der Waals surface area contributed by atoms with Gasteiger partial charge in [-0.05, 0) is 31.5 Å². The molecular weight excluding hydrogens is 323 g/mol. The molecule has 0 amide bonds. The van der Waals surface area contributed by atoms with Gasteiger partial charge in [-0.3, -0.25) is 0 Å².